The highest BCUT2D eigenvalue weighted by Crippen LogP contribution is 2.41. The van der Waals surface area contributed by atoms with Crippen LogP contribution in [0.1, 0.15) is 20.1 Å². The number of aromatic amines is 1. The van der Waals surface area contributed by atoms with E-state index in [1.807, 2.05) is 4.98 Å². The van der Waals surface area contributed by atoms with Gasteiger partial charge in [-0.05, 0) is 26.0 Å². The van der Waals surface area contributed by atoms with Gasteiger partial charge in [-0.2, -0.15) is 0 Å². The fourth-order valence-corrected chi connectivity index (χ4v) is 4.19. The molecule has 1 aromatic carbocycles. The van der Waals surface area contributed by atoms with Gasteiger partial charge in [0.1, 0.15) is 32.2 Å². The Morgan fingerprint density at radius 3 is 2.58 bits per heavy atom. The zero-order valence-electron chi connectivity index (χ0n) is 20.2. The van der Waals surface area contributed by atoms with Crippen molar-refractivity contribution in [1.82, 2.24) is 9.55 Å². The Bertz CT molecular complexity index is 1270. The topological polar surface area (TPSA) is 164 Å². The Labute approximate surface area is 214 Å². The van der Waals surface area contributed by atoms with Crippen LogP contribution in [0.15, 0.2) is 50.9 Å². The number of halogens is 3. The number of aliphatic hydroxyl groups excluding tert-OH is 1. The second-order valence-electron chi connectivity index (χ2n) is 8.39. The summed E-state index contributed by atoms with van der Waals surface area (Å²) in [5.74, 6) is -1.19. The largest absolute Gasteiger partial charge is 0.575 e. The van der Waals surface area contributed by atoms with Crippen LogP contribution in [0.3, 0.4) is 0 Å². The van der Waals surface area contributed by atoms with Crippen LogP contribution in [0.5, 0.6) is 11.5 Å². The fourth-order valence-electron chi connectivity index (χ4n) is 3.44. The van der Waals surface area contributed by atoms with Gasteiger partial charge in [0, 0.05) is 12.3 Å². The number of ether oxygens (including phenoxy) is 3. The molecule has 2 unspecified atom stereocenters. The Morgan fingerprint density at radius 1 is 1.29 bits per heavy atom. The van der Waals surface area contributed by atoms with Crippen LogP contribution in [0, 0.1) is 0 Å². The maximum Gasteiger partial charge on any atom is 0.395 e. The number of alkyl halides is 3. The van der Waals surface area contributed by atoms with E-state index in [4.69, 9.17) is 14.0 Å². The first-order valence-electron chi connectivity index (χ1n) is 11.2. The van der Waals surface area contributed by atoms with Crippen molar-refractivity contribution in [2.45, 2.75) is 50.1 Å². The van der Waals surface area contributed by atoms with Crippen molar-refractivity contribution in [2.24, 2.45) is 4.74 Å². The van der Waals surface area contributed by atoms with Crippen LogP contribution >= 0.6 is 8.17 Å². The van der Waals surface area contributed by atoms with Crippen LogP contribution in [0.2, 0.25) is 0 Å². The van der Waals surface area contributed by atoms with E-state index >= 15 is 4.39 Å². The lowest BCUT2D eigenvalue weighted by molar-refractivity contribution is -0.170. The molecule has 1 aliphatic rings. The third-order valence-corrected chi connectivity index (χ3v) is 6.37. The van der Waals surface area contributed by atoms with Crippen molar-refractivity contribution in [3.05, 3.63) is 57.4 Å². The predicted octanol–water partition coefficient (Wildman–Crippen LogP) is 1.08. The third kappa shape index (κ3) is 6.78. The van der Waals surface area contributed by atoms with E-state index < -0.39 is 81.6 Å². The number of aliphatic hydroxyl groups is 1. The summed E-state index contributed by atoms with van der Waals surface area (Å²) in [5.41, 5.74) is -4.07. The summed E-state index contributed by atoms with van der Waals surface area (Å²) in [6.45, 7) is -0.665. The molecule has 6 atom stereocenters. The number of para-hydroxylation sites is 2. The molecule has 208 valence electrons. The number of nitrogens with one attached hydrogen (secondary N) is 1. The number of hydrogen-bond acceptors (Lipinski definition) is 10. The smallest absolute Gasteiger partial charge is 0.395 e. The number of hydrogen-bond donors (Lipinski definition) is 2. The van der Waals surface area contributed by atoms with Crippen molar-refractivity contribution in [2.75, 3.05) is 20.0 Å². The summed E-state index contributed by atoms with van der Waals surface area (Å²) >= 11 is 0. The standard InChI is InChI=1S/C22H25F3N3O9P/c1-12(19(31)35-13(9-23)10-24)27-38(33)37-15-6-4-3-5-14(15)34-11-16-18(30)22(2,25)20(36-16)28-8-7-17(29)26-21(28)32/h3-8,12-13,16,18,20,30H,9-11H2,1-2H3,(H,26,29,32)/t12?,16-,18-,20-,22-/m1/s1. The molecule has 1 aromatic heterocycles. The molecular weight excluding hydrogens is 538 g/mol. The first kappa shape index (κ1) is 29.3. The molecule has 0 amide bonds. The van der Waals surface area contributed by atoms with Crippen LogP contribution in [-0.2, 0) is 14.3 Å². The molecule has 0 spiro atoms. The predicted molar refractivity (Wildman–Crippen MR) is 124 cm³/mol. The number of carbonyl (C=O) groups excluding carboxylic acids is 1. The molecule has 2 aromatic rings. The van der Waals surface area contributed by atoms with Crippen LogP contribution in [-0.4, -0.2) is 70.6 Å². The Hall–Kier alpha value is -3.26. The van der Waals surface area contributed by atoms with Crippen molar-refractivity contribution in [1.29, 1.82) is 0 Å². The van der Waals surface area contributed by atoms with E-state index in [-0.39, 0.29) is 11.5 Å². The van der Waals surface area contributed by atoms with Crippen LogP contribution in [0.25, 0.3) is 0 Å². The Balaban J connectivity index is 1.68. The molecule has 1 aliphatic heterocycles. The Morgan fingerprint density at radius 2 is 1.95 bits per heavy atom. The highest BCUT2D eigenvalue weighted by atomic mass is 31.1. The Kier molecular flexibility index (Phi) is 9.66. The van der Waals surface area contributed by atoms with Gasteiger partial charge in [-0.3, -0.25) is 18.9 Å². The maximum absolute atomic E-state index is 15.3. The van der Waals surface area contributed by atoms with Crippen molar-refractivity contribution < 1.29 is 46.7 Å². The zero-order chi connectivity index (χ0) is 28.0. The molecule has 1 fully saturated rings. The molecule has 16 heteroatoms. The van der Waals surface area contributed by atoms with Gasteiger partial charge in [0.05, 0.1) is 0 Å². The number of rotatable bonds is 11. The van der Waals surface area contributed by atoms with E-state index in [1.54, 1.807) is 0 Å². The molecule has 2 N–H and O–H groups in total. The van der Waals surface area contributed by atoms with E-state index in [0.29, 0.717) is 0 Å². The van der Waals surface area contributed by atoms with E-state index in [1.165, 1.54) is 31.2 Å². The lowest BCUT2D eigenvalue weighted by Gasteiger charge is -2.24. The molecule has 12 nitrogen and oxygen atoms in total. The molecule has 0 aliphatic carbocycles. The fraction of sp³-hybridized carbons (Fsp3) is 0.500. The summed E-state index contributed by atoms with van der Waals surface area (Å²) in [5, 5.41) is 10.5. The van der Waals surface area contributed by atoms with Crippen molar-refractivity contribution in [3.8, 4) is 11.5 Å². The van der Waals surface area contributed by atoms with Gasteiger partial charge in [0.15, 0.2) is 29.8 Å². The molecule has 0 bridgehead atoms. The van der Waals surface area contributed by atoms with Gasteiger partial charge < -0.3 is 24.2 Å². The number of H-pyrrole nitrogens is 1. The molecule has 2 heterocycles. The summed E-state index contributed by atoms with van der Waals surface area (Å²) in [6, 6.07) is 5.45. The van der Waals surface area contributed by atoms with E-state index in [9.17, 15) is 33.2 Å². The van der Waals surface area contributed by atoms with E-state index in [0.717, 1.165) is 23.8 Å². The zero-order valence-corrected chi connectivity index (χ0v) is 21.1. The van der Waals surface area contributed by atoms with Crippen LogP contribution in [0.4, 0.5) is 13.2 Å². The second kappa shape index (κ2) is 12.5. The van der Waals surface area contributed by atoms with Crippen molar-refractivity contribution >= 4 is 14.1 Å². The summed E-state index contributed by atoms with van der Waals surface area (Å²) in [6.07, 6.45) is -5.14. The average molecular weight is 563 g/mol. The van der Waals surface area contributed by atoms with Gasteiger partial charge in [-0.1, -0.05) is 16.9 Å². The SMILES string of the molecule is CC(N=[P+]([O-])Oc1ccccc1OC[C@H]1O[C@@H](n2ccc(=O)[nH]c2=O)[C@](C)(F)[C@@H]1O)C(=O)OC(CF)CF. The van der Waals surface area contributed by atoms with Gasteiger partial charge in [0.2, 0.25) is 5.75 Å². The van der Waals surface area contributed by atoms with E-state index in [2.05, 4.69) is 9.48 Å². The summed E-state index contributed by atoms with van der Waals surface area (Å²) in [7, 11) is -2.87. The highest BCUT2D eigenvalue weighted by molar-refractivity contribution is 7.34. The number of esters is 1. The quantitative estimate of drug-likeness (QED) is 0.301. The minimum atomic E-state index is -2.87. The number of aromatic nitrogens is 2. The number of carbonyl (C=O) groups is 1. The first-order valence-corrected chi connectivity index (χ1v) is 12.3. The minimum absolute atomic E-state index is 0.00257. The highest BCUT2D eigenvalue weighted by Gasteiger charge is 2.55. The molecular formula is C22H25F3N3O9P. The second-order valence-corrected chi connectivity index (χ2v) is 9.28. The van der Waals surface area contributed by atoms with Crippen molar-refractivity contribution in [3.63, 3.8) is 0 Å². The van der Waals surface area contributed by atoms with Gasteiger partial charge >= 0.3 is 19.8 Å². The number of nitrogens with zero attached hydrogens (tertiary/aromatic N) is 2. The normalized spacial score (nSPS) is 24.3. The van der Waals surface area contributed by atoms with Crippen LogP contribution < -0.4 is 25.4 Å². The third-order valence-electron chi connectivity index (χ3n) is 5.49. The lowest BCUT2D eigenvalue weighted by atomic mass is 9.98. The number of benzene rings is 1. The van der Waals surface area contributed by atoms with Gasteiger partial charge in [0.25, 0.3) is 5.56 Å². The summed E-state index contributed by atoms with van der Waals surface area (Å²) < 4.78 is 65.7. The van der Waals surface area contributed by atoms with Gasteiger partial charge in [-0.15, -0.1) is 0 Å². The molecule has 1 saturated heterocycles. The monoisotopic (exact) mass is 563 g/mol. The lowest BCUT2D eigenvalue weighted by Crippen LogP contribution is -2.43. The summed E-state index contributed by atoms with van der Waals surface area (Å²) in [4.78, 5) is 49.6. The molecule has 38 heavy (non-hydrogen) atoms. The minimum Gasteiger partial charge on any atom is -0.575 e. The first-order chi connectivity index (χ1) is 18.0. The molecule has 0 radical (unpaired) electrons. The molecule has 3 rings (SSSR count). The maximum atomic E-state index is 15.3. The average Bonchev–Trinajstić information content (AvgIpc) is 3.09. The molecule has 0 saturated carbocycles. The van der Waals surface area contributed by atoms with Gasteiger partial charge in [-0.25, -0.2) is 22.8 Å².